The van der Waals surface area contributed by atoms with Gasteiger partial charge in [-0.15, -0.1) is 0 Å². The van der Waals surface area contributed by atoms with Gasteiger partial charge in [-0.2, -0.15) is 0 Å². The molecule has 0 aromatic rings. The largest absolute Gasteiger partial charge is 0.308 e. The molecule has 1 aliphatic heterocycles. The molecule has 1 N–H and O–H groups in total. The molecule has 2 rings (SSSR count). The Morgan fingerprint density at radius 2 is 1.89 bits per heavy atom. The molecular formula is C16H32N2. The molecule has 1 atom stereocenters. The molecule has 0 aromatic carbocycles. The van der Waals surface area contributed by atoms with Crippen molar-refractivity contribution in [3.05, 3.63) is 0 Å². The van der Waals surface area contributed by atoms with Gasteiger partial charge in [0.05, 0.1) is 0 Å². The first kappa shape index (κ1) is 14.3. The van der Waals surface area contributed by atoms with E-state index in [9.17, 15) is 0 Å². The van der Waals surface area contributed by atoms with E-state index in [0.717, 1.165) is 6.04 Å². The molecule has 2 aliphatic rings. The minimum Gasteiger partial charge on any atom is -0.308 e. The fourth-order valence-electron chi connectivity index (χ4n) is 3.83. The Hall–Kier alpha value is -0.0800. The third kappa shape index (κ3) is 3.48. The quantitative estimate of drug-likeness (QED) is 0.753. The van der Waals surface area contributed by atoms with Gasteiger partial charge in [-0.3, -0.25) is 4.90 Å². The normalized spacial score (nSPS) is 28.7. The van der Waals surface area contributed by atoms with Gasteiger partial charge < -0.3 is 5.32 Å². The van der Waals surface area contributed by atoms with Crippen molar-refractivity contribution in [1.82, 2.24) is 10.2 Å². The number of hydrogen-bond acceptors (Lipinski definition) is 2. The van der Waals surface area contributed by atoms with Crippen LogP contribution in [0.1, 0.15) is 71.6 Å². The first-order valence-electron chi connectivity index (χ1n) is 8.29. The molecule has 0 radical (unpaired) electrons. The molecule has 2 fully saturated rings. The summed E-state index contributed by atoms with van der Waals surface area (Å²) in [6.45, 7) is 8.52. The van der Waals surface area contributed by atoms with E-state index in [4.69, 9.17) is 0 Å². The summed E-state index contributed by atoms with van der Waals surface area (Å²) in [5.74, 6) is 0. The minimum atomic E-state index is 0.482. The van der Waals surface area contributed by atoms with Gasteiger partial charge in [-0.25, -0.2) is 0 Å². The van der Waals surface area contributed by atoms with Crippen molar-refractivity contribution in [3.8, 4) is 0 Å². The summed E-state index contributed by atoms with van der Waals surface area (Å²) in [5, 5.41) is 3.91. The Bertz CT molecular complexity index is 233. The second kappa shape index (κ2) is 6.91. The monoisotopic (exact) mass is 252 g/mol. The van der Waals surface area contributed by atoms with Crippen LogP contribution in [0.5, 0.6) is 0 Å². The maximum Gasteiger partial charge on any atom is 0.0309 e. The molecule has 0 bridgehead atoms. The van der Waals surface area contributed by atoms with Crippen LogP contribution >= 0.6 is 0 Å². The van der Waals surface area contributed by atoms with Gasteiger partial charge in [0.25, 0.3) is 0 Å². The second-order valence-corrected chi connectivity index (χ2v) is 6.46. The predicted molar refractivity (Wildman–Crippen MR) is 79.0 cm³/mol. The second-order valence-electron chi connectivity index (χ2n) is 6.46. The number of piperazine rings is 1. The van der Waals surface area contributed by atoms with E-state index in [0.29, 0.717) is 5.54 Å². The lowest BCUT2D eigenvalue weighted by molar-refractivity contribution is 0.0529. The average molecular weight is 252 g/mol. The van der Waals surface area contributed by atoms with Crippen molar-refractivity contribution in [1.29, 1.82) is 0 Å². The maximum atomic E-state index is 3.91. The lowest BCUT2D eigenvalue weighted by Crippen LogP contribution is -2.64. The van der Waals surface area contributed by atoms with Crippen LogP contribution in [-0.4, -0.2) is 36.1 Å². The molecule has 1 heterocycles. The van der Waals surface area contributed by atoms with Crippen LogP contribution in [0.4, 0.5) is 0 Å². The smallest absolute Gasteiger partial charge is 0.0309 e. The molecule has 1 saturated heterocycles. The summed E-state index contributed by atoms with van der Waals surface area (Å²) in [5.41, 5.74) is 0.482. The Morgan fingerprint density at radius 1 is 1.11 bits per heavy atom. The Labute approximate surface area is 114 Å². The fraction of sp³-hybridized carbons (Fsp3) is 1.00. The molecule has 106 valence electrons. The van der Waals surface area contributed by atoms with E-state index >= 15 is 0 Å². The Morgan fingerprint density at radius 3 is 2.56 bits per heavy atom. The van der Waals surface area contributed by atoms with Crippen molar-refractivity contribution >= 4 is 0 Å². The van der Waals surface area contributed by atoms with Gasteiger partial charge in [-0.05, 0) is 32.2 Å². The third-order valence-corrected chi connectivity index (χ3v) is 5.07. The van der Waals surface area contributed by atoms with Gasteiger partial charge in [0, 0.05) is 24.7 Å². The summed E-state index contributed by atoms with van der Waals surface area (Å²) in [4.78, 5) is 2.80. The summed E-state index contributed by atoms with van der Waals surface area (Å²) in [6, 6.07) is 0.786. The van der Waals surface area contributed by atoms with Crippen molar-refractivity contribution < 1.29 is 0 Å². The molecule has 2 heteroatoms. The van der Waals surface area contributed by atoms with Gasteiger partial charge in [-0.1, -0.05) is 46.0 Å². The molecular weight excluding hydrogens is 220 g/mol. The SMILES string of the molecule is CCCCCN1CC2(CCCCC2)NCC1CC. The van der Waals surface area contributed by atoms with E-state index in [1.165, 1.54) is 77.4 Å². The number of unbranched alkanes of at least 4 members (excludes halogenated alkanes) is 2. The van der Waals surface area contributed by atoms with Gasteiger partial charge in [0.2, 0.25) is 0 Å². The summed E-state index contributed by atoms with van der Waals surface area (Å²) in [6.07, 6.45) is 12.6. The lowest BCUT2D eigenvalue weighted by Gasteiger charge is -2.49. The summed E-state index contributed by atoms with van der Waals surface area (Å²) < 4.78 is 0. The zero-order chi connectivity index (χ0) is 12.8. The number of hydrogen-bond donors (Lipinski definition) is 1. The van der Waals surface area contributed by atoms with E-state index in [1.54, 1.807) is 0 Å². The molecule has 1 unspecified atom stereocenters. The predicted octanol–water partition coefficient (Wildman–Crippen LogP) is 3.56. The number of nitrogens with one attached hydrogen (secondary N) is 1. The third-order valence-electron chi connectivity index (χ3n) is 5.07. The fourth-order valence-corrected chi connectivity index (χ4v) is 3.83. The standard InChI is InChI=1S/C16H32N2/c1-3-5-9-12-18-14-16(10-7-6-8-11-16)17-13-15(18)4-2/h15,17H,3-14H2,1-2H3. The molecule has 18 heavy (non-hydrogen) atoms. The van der Waals surface area contributed by atoms with Gasteiger partial charge in [0.15, 0.2) is 0 Å². The molecule has 2 nitrogen and oxygen atoms in total. The van der Waals surface area contributed by atoms with Crippen LogP contribution < -0.4 is 5.32 Å². The van der Waals surface area contributed by atoms with Crippen molar-refractivity contribution in [2.75, 3.05) is 19.6 Å². The molecule has 1 spiro atoms. The van der Waals surface area contributed by atoms with Crippen molar-refractivity contribution in [3.63, 3.8) is 0 Å². The molecule has 0 amide bonds. The van der Waals surface area contributed by atoms with Crippen LogP contribution in [0.2, 0.25) is 0 Å². The van der Waals surface area contributed by atoms with Crippen LogP contribution in [0.15, 0.2) is 0 Å². The Balaban J connectivity index is 1.90. The van der Waals surface area contributed by atoms with Crippen LogP contribution in [0.25, 0.3) is 0 Å². The maximum absolute atomic E-state index is 3.91. The molecule has 1 aliphatic carbocycles. The first-order valence-corrected chi connectivity index (χ1v) is 8.29. The lowest BCUT2D eigenvalue weighted by atomic mass is 9.79. The highest BCUT2D eigenvalue weighted by molar-refractivity contribution is 4.99. The zero-order valence-corrected chi connectivity index (χ0v) is 12.5. The average Bonchev–Trinajstić information content (AvgIpc) is 2.40. The Kier molecular flexibility index (Phi) is 5.50. The molecule has 1 saturated carbocycles. The molecule has 0 aromatic heterocycles. The number of rotatable bonds is 5. The van der Waals surface area contributed by atoms with E-state index < -0.39 is 0 Å². The highest BCUT2D eigenvalue weighted by Gasteiger charge is 2.38. The topological polar surface area (TPSA) is 15.3 Å². The summed E-state index contributed by atoms with van der Waals surface area (Å²) >= 11 is 0. The highest BCUT2D eigenvalue weighted by Crippen LogP contribution is 2.32. The first-order chi connectivity index (χ1) is 8.79. The van der Waals surface area contributed by atoms with Crippen LogP contribution in [-0.2, 0) is 0 Å². The van der Waals surface area contributed by atoms with Crippen LogP contribution in [0.3, 0.4) is 0 Å². The summed E-state index contributed by atoms with van der Waals surface area (Å²) in [7, 11) is 0. The number of nitrogens with zero attached hydrogens (tertiary/aromatic N) is 1. The zero-order valence-electron chi connectivity index (χ0n) is 12.5. The van der Waals surface area contributed by atoms with Crippen LogP contribution in [0, 0.1) is 0 Å². The minimum absolute atomic E-state index is 0.482. The van der Waals surface area contributed by atoms with Crippen molar-refractivity contribution in [2.45, 2.75) is 83.2 Å². The van der Waals surface area contributed by atoms with E-state index in [2.05, 4.69) is 24.1 Å². The van der Waals surface area contributed by atoms with Gasteiger partial charge >= 0.3 is 0 Å². The van der Waals surface area contributed by atoms with Crippen molar-refractivity contribution in [2.24, 2.45) is 0 Å². The van der Waals surface area contributed by atoms with E-state index in [1.807, 2.05) is 0 Å². The highest BCUT2D eigenvalue weighted by atomic mass is 15.3. The van der Waals surface area contributed by atoms with Gasteiger partial charge in [0.1, 0.15) is 0 Å². The van der Waals surface area contributed by atoms with E-state index in [-0.39, 0.29) is 0 Å².